The van der Waals surface area contributed by atoms with Gasteiger partial charge in [-0.15, -0.1) is 11.3 Å². The van der Waals surface area contributed by atoms with E-state index < -0.39 is 5.91 Å². The Bertz CT molecular complexity index is 1290. The Hall–Kier alpha value is -2.85. The number of anilines is 3. The Morgan fingerprint density at radius 2 is 1.72 bits per heavy atom. The summed E-state index contributed by atoms with van der Waals surface area (Å²) in [6, 6.07) is 5.47. The number of halogens is 3. The minimum atomic E-state index is -0.478. The molecule has 0 aliphatic carbocycles. The van der Waals surface area contributed by atoms with Crippen LogP contribution in [0.4, 0.5) is 17.3 Å². The van der Waals surface area contributed by atoms with Crippen LogP contribution in [0.3, 0.4) is 0 Å². The molecule has 0 spiro atoms. The molecule has 8 nitrogen and oxygen atoms in total. The third-order valence-corrected chi connectivity index (χ3v) is 6.43. The van der Waals surface area contributed by atoms with E-state index in [4.69, 9.17) is 44.3 Å². The smallest absolute Gasteiger partial charge is 0.258 e. The number of rotatable bonds is 6. The summed E-state index contributed by atoms with van der Waals surface area (Å²) in [5.41, 5.74) is 0.884. The van der Waals surface area contributed by atoms with Gasteiger partial charge < -0.3 is 20.1 Å². The number of carbonyl (C=O) groups excluding carboxylic acids is 1. The first kappa shape index (κ1) is 22.3. The molecule has 12 heteroatoms. The van der Waals surface area contributed by atoms with Gasteiger partial charge >= 0.3 is 0 Å². The van der Waals surface area contributed by atoms with Crippen LogP contribution < -0.4 is 20.1 Å². The van der Waals surface area contributed by atoms with Gasteiger partial charge in [0.25, 0.3) is 5.91 Å². The third-order valence-electron chi connectivity index (χ3n) is 4.39. The van der Waals surface area contributed by atoms with Crippen molar-refractivity contribution in [3.05, 3.63) is 56.7 Å². The molecule has 4 rings (SSSR count). The van der Waals surface area contributed by atoms with Crippen molar-refractivity contribution in [3.8, 4) is 11.5 Å². The maximum atomic E-state index is 13.1. The number of hydrogen-bond donors (Lipinski definition) is 2. The van der Waals surface area contributed by atoms with Crippen LogP contribution in [-0.2, 0) is 0 Å². The van der Waals surface area contributed by atoms with E-state index in [0.717, 1.165) is 0 Å². The summed E-state index contributed by atoms with van der Waals surface area (Å²) >= 11 is 20.3. The van der Waals surface area contributed by atoms with Gasteiger partial charge in [0.15, 0.2) is 17.3 Å². The Kier molecular flexibility index (Phi) is 6.52. The van der Waals surface area contributed by atoms with Crippen molar-refractivity contribution in [2.75, 3.05) is 24.9 Å². The SMILES string of the molecule is COc1c(Cl)c(NC(=O)c2csc3c(Nc4ccccn4)ncnc23)c(Cl)c(OC)c1Cl. The molecular weight excluding hydrogens is 497 g/mol. The monoisotopic (exact) mass is 509 g/mol. The first-order valence-electron chi connectivity index (χ1n) is 8.96. The molecular formula is C20H14Cl3N5O3S. The molecule has 0 unspecified atom stereocenters. The van der Waals surface area contributed by atoms with E-state index in [0.29, 0.717) is 27.4 Å². The summed E-state index contributed by atoms with van der Waals surface area (Å²) < 4.78 is 11.2. The minimum Gasteiger partial charge on any atom is -0.493 e. The lowest BCUT2D eigenvalue weighted by Crippen LogP contribution is -2.13. The number of amides is 1. The molecule has 0 saturated carbocycles. The number of methoxy groups -OCH3 is 2. The number of thiophene rings is 1. The zero-order valence-electron chi connectivity index (χ0n) is 16.6. The predicted molar refractivity (Wildman–Crippen MR) is 127 cm³/mol. The quantitative estimate of drug-likeness (QED) is 0.325. The van der Waals surface area contributed by atoms with E-state index in [1.165, 1.54) is 31.9 Å². The van der Waals surface area contributed by atoms with Gasteiger partial charge in [-0.05, 0) is 12.1 Å². The summed E-state index contributed by atoms with van der Waals surface area (Å²) in [4.78, 5) is 25.9. The average Bonchev–Trinajstić information content (AvgIpc) is 3.23. The van der Waals surface area contributed by atoms with Gasteiger partial charge in [-0.3, -0.25) is 4.79 Å². The van der Waals surface area contributed by atoms with E-state index in [9.17, 15) is 4.79 Å². The van der Waals surface area contributed by atoms with Crippen molar-refractivity contribution < 1.29 is 14.3 Å². The van der Waals surface area contributed by atoms with E-state index in [1.807, 2.05) is 12.1 Å². The van der Waals surface area contributed by atoms with Gasteiger partial charge in [0.1, 0.15) is 27.2 Å². The Morgan fingerprint density at radius 1 is 1.00 bits per heavy atom. The number of carbonyl (C=O) groups is 1. The van der Waals surface area contributed by atoms with Gasteiger partial charge in [0.05, 0.1) is 35.7 Å². The average molecular weight is 511 g/mol. The van der Waals surface area contributed by atoms with Gasteiger partial charge in [0.2, 0.25) is 0 Å². The second kappa shape index (κ2) is 9.33. The highest BCUT2D eigenvalue weighted by Crippen LogP contribution is 2.50. The molecule has 4 aromatic rings. The molecule has 1 amide bonds. The van der Waals surface area contributed by atoms with Crippen molar-refractivity contribution >= 4 is 79.6 Å². The van der Waals surface area contributed by atoms with Gasteiger partial charge in [-0.25, -0.2) is 15.0 Å². The molecule has 0 aliphatic rings. The summed E-state index contributed by atoms with van der Waals surface area (Å²) in [6.45, 7) is 0. The highest BCUT2D eigenvalue weighted by Gasteiger charge is 2.25. The van der Waals surface area contributed by atoms with Crippen LogP contribution in [0.5, 0.6) is 11.5 Å². The maximum Gasteiger partial charge on any atom is 0.258 e. The summed E-state index contributed by atoms with van der Waals surface area (Å²) in [6.07, 6.45) is 3.03. The molecule has 0 saturated heterocycles. The number of hydrogen-bond acceptors (Lipinski definition) is 8. The van der Waals surface area contributed by atoms with E-state index in [1.54, 1.807) is 17.6 Å². The van der Waals surface area contributed by atoms with Gasteiger partial charge in [0, 0.05) is 11.6 Å². The molecule has 0 bridgehead atoms. The van der Waals surface area contributed by atoms with E-state index in [-0.39, 0.29) is 32.3 Å². The molecule has 0 radical (unpaired) electrons. The fourth-order valence-electron chi connectivity index (χ4n) is 2.93. The number of benzene rings is 1. The zero-order valence-corrected chi connectivity index (χ0v) is 19.7. The molecule has 3 aromatic heterocycles. The fourth-order valence-corrected chi connectivity index (χ4v) is 4.99. The zero-order chi connectivity index (χ0) is 22.8. The topological polar surface area (TPSA) is 98.3 Å². The largest absolute Gasteiger partial charge is 0.493 e. The summed E-state index contributed by atoms with van der Waals surface area (Å²) in [7, 11) is 2.79. The number of nitrogens with zero attached hydrogens (tertiary/aromatic N) is 3. The van der Waals surface area contributed by atoms with Gasteiger partial charge in [-0.1, -0.05) is 40.9 Å². The van der Waals surface area contributed by atoms with Crippen LogP contribution in [0.1, 0.15) is 10.4 Å². The maximum absolute atomic E-state index is 13.1. The molecule has 0 atom stereocenters. The van der Waals surface area contributed by atoms with Gasteiger partial charge in [-0.2, -0.15) is 0 Å². The van der Waals surface area contributed by atoms with Crippen LogP contribution in [-0.4, -0.2) is 35.1 Å². The molecule has 0 fully saturated rings. The molecule has 3 heterocycles. The lowest BCUT2D eigenvalue weighted by atomic mass is 10.2. The minimum absolute atomic E-state index is 0.0447. The first-order chi connectivity index (χ1) is 15.5. The van der Waals surface area contributed by atoms with Crippen LogP contribution in [0, 0.1) is 0 Å². The highest BCUT2D eigenvalue weighted by atomic mass is 35.5. The summed E-state index contributed by atoms with van der Waals surface area (Å²) in [5.74, 6) is 0.928. The third kappa shape index (κ3) is 4.00. The second-order valence-corrected chi connectivity index (χ2v) is 8.24. The fraction of sp³-hybridized carbons (Fsp3) is 0.100. The Balaban J connectivity index is 1.71. The van der Waals surface area contributed by atoms with Crippen molar-refractivity contribution in [1.29, 1.82) is 0 Å². The van der Waals surface area contributed by atoms with Crippen molar-refractivity contribution in [2.24, 2.45) is 0 Å². The number of aromatic nitrogens is 3. The lowest BCUT2D eigenvalue weighted by Gasteiger charge is -2.17. The van der Waals surface area contributed by atoms with Crippen LogP contribution in [0.2, 0.25) is 15.1 Å². The number of pyridine rings is 1. The second-order valence-electron chi connectivity index (χ2n) is 6.23. The lowest BCUT2D eigenvalue weighted by molar-refractivity contribution is 0.102. The standard InChI is InChI=1S/C20H14Cl3N5O3S/c1-30-16-11(21)15(12(22)17(31-2)13(16)23)28-20(29)9-7-32-18-14(9)25-8-26-19(18)27-10-5-3-4-6-24-10/h3-8H,1-2H3,(H,28,29)(H,24,25,26,27). The Morgan fingerprint density at radius 3 is 2.34 bits per heavy atom. The normalized spacial score (nSPS) is 10.8. The van der Waals surface area contributed by atoms with E-state index in [2.05, 4.69) is 25.6 Å². The molecule has 32 heavy (non-hydrogen) atoms. The molecule has 1 aromatic carbocycles. The van der Waals surface area contributed by atoms with Crippen molar-refractivity contribution in [3.63, 3.8) is 0 Å². The summed E-state index contributed by atoms with van der Waals surface area (Å²) in [5, 5.41) is 7.70. The molecule has 2 N–H and O–H groups in total. The number of nitrogens with one attached hydrogen (secondary N) is 2. The van der Waals surface area contributed by atoms with Crippen LogP contribution in [0.15, 0.2) is 36.1 Å². The predicted octanol–water partition coefficient (Wildman–Crippen LogP) is 6.06. The number of fused-ring (bicyclic) bond motifs is 1. The first-order valence-corrected chi connectivity index (χ1v) is 11.0. The number of ether oxygens (including phenoxy) is 2. The molecule has 164 valence electrons. The van der Waals surface area contributed by atoms with Crippen molar-refractivity contribution in [2.45, 2.75) is 0 Å². The van der Waals surface area contributed by atoms with E-state index >= 15 is 0 Å². The van der Waals surface area contributed by atoms with Crippen LogP contribution >= 0.6 is 46.1 Å². The van der Waals surface area contributed by atoms with Crippen LogP contribution in [0.25, 0.3) is 10.2 Å². The Labute approximate surface area is 201 Å². The highest BCUT2D eigenvalue weighted by molar-refractivity contribution is 7.18. The van der Waals surface area contributed by atoms with Crippen molar-refractivity contribution in [1.82, 2.24) is 15.0 Å². The molecule has 0 aliphatic heterocycles.